The zero-order valence-corrected chi connectivity index (χ0v) is 11.7. The zero-order valence-electron chi connectivity index (χ0n) is 10.8. The zero-order chi connectivity index (χ0) is 12.1. The largest absolute Gasteiger partial charge is 0.250 e. The summed E-state index contributed by atoms with van der Waals surface area (Å²) in [6.07, 6.45) is 5.05. The van der Waals surface area contributed by atoms with Crippen molar-refractivity contribution in [3.05, 3.63) is 30.3 Å². The Balaban J connectivity index is 2.17. The van der Waals surface area contributed by atoms with Crippen molar-refractivity contribution in [2.24, 2.45) is 0 Å². The molecular weight excluding hydrogens is 227 g/mol. The second kappa shape index (κ2) is 6.49. The molecule has 1 saturated heterocycles. The van der Waals surface area contributed by atoms with Gasteiger partial charge in [-0.25, -0.2) is 10.9 Å². The van der Waals surface area contributed by atoms with Crippen LogP contribution in [0.15, 0.2) is 30.3 Å². The smallest absolute Gasteiger partial charge is 0.0466 e. The first-order valence-electron chi connectivity index (χ1n) is 6.71. The molecule has 3 heteroatoms. The van der Waals surface area contributed by atoms with Gasteiger partial charge in [0.25, 0.3) is 0 Å². The van der Waals surface area contributed by atoms with Gasteiger partial charge in [-0.3, -0.25) is 0 Å². The number of hydrogen-bond acceptors (Lipinski definition) is 2. The van der Waals surface area contributed by atoms with E-state index in [2.05, 4.69) is 55.0 Å². The van der Waals surface area contributed by atoms with Crippen LogP contribution in [0, 0.1) is 0 Å². The average Bonchev–Trinajstić information content (AvgIpc) is 2.74. The highest BCUT2D eigenvalue weighted by atomic mass is 31.1. The minimum absolute atomic E-state index is 0.101. The monoisotopic (exact) mass is 250 g/mol. The first-order valence-corrected chi connectivity index (χ1v) is 8.19. The highest BCUT2D eigenvalue weighted by Crippen LogP contribution is 2.49. The third-order valence-corrected chi connectivity index (χ3v) is 6.28. The summed E-state index contributed by atoms with van der Waals surface area (Å²) >= 11 is 0. The lowest BCUT2D eigenvalue weighted by Crippen LogP contribution is -2.33. The predicted molar refractivity (Wildman–Crippen MR) is 76.7 cm³/mol. The quantitative estimate of drug-likeness (QED) is 0.784. The molecule has 0 radical (unpaired) electrons. The van der Waals surface area contributed by atoms with Gasteiger partial charge in [0.15, 0.2) is 0 Å². The molecule has 2 N–H and O–H groups in total. The van der Waals surface area contributed by atoms with Crippen LogP contribution >= 0.6 is 7.92 Å². The fourth-order valence-electron chi connectivity index (χ4n) is 2.48. The van der Waals surface area contributed by atoms with Crippen molar-refractivity contribution in [2.45, 2.75) is 51.1 Å². The Hall–Kier alpha value is -0.430. The van der Waals surface area contributed by atoms with Gasteiger partial charge >= 0.3 is 0 Å². The van der Waals surface area contributed by atoms with E-state index in [0.29, 0.717) is 11.6 Å². The summed E-state index contributed by atoms with van der Waals surface area (Å²) < 4.78 is 0. The van der Waals surface area contributed by atoms with Gasteiger partial charge in [-0.2, -0.15) is 0 Å². The van der Waals surface area contributed by atoms with Crippen molar-refractivity contribution < 1.29 is 0 Å². The van der Waals surface area contributed by atoms with E-state index in [1.54, 1.807) is 0 Å². The standard InChI is InChI=1S/C14H23N2P/c1-3-8-13-15-16-14(9-4-2)17(13)12-10-6-5-7-11-12/h5-7,10-11,13-16H,3-4,8-9H2,1-2H3/t13-,14-/m0/s1. The Kier molecular flexibility index (Phi) is 4.97. The van der Waals surface area contributed by atoms with E-state index in [4.69, 9.17) is 0 Å². The molecule has 0 aliphatic carbocycles. The Morgan fingerprint density at radius 3 is 1.94 bits per heavy atom. The summed E-state index contributed by atoms with van der Waals surface area (Å²) in [4.78, 5) is 0. The van der Waals surface area contributed by atoms with Crippen LogP contribution in [-0.2, 0) is 0 Å². The lowest BCUT2D eigenvalue weighted by molar-refractivity contribution is 0.500. The Morgan fingerprint density at radius 1 is 0.941 bits per heavy atom. The van der Waals surface area contributed by atoms with Crippen molar-refractivity contribution in [3.63, 3.8) is 0 Å². The molecule has 2 nitrogen and oxygen atoms in total. The van der Waals surface area contributed by atoms with Crippen LogP contribution in [-0.4, -0.2) is 11.6 Å². The van der Waals surface area contributed by atoms with E-state index in [1.807, 2.05) is 0 Å². The molecule has 1 fully saturated rings. The Labute approximate surface area is 106 Å². The third kappa shape index (κ3) is 3.07. The maximum absolute atomic E-state index is 3.52. The lowest BCUT2D eigenvalue weighted by Gasteiger charge is -2.23. The van der Waals surface area contributed by atoms with Crippen molar-refractivity contribution in [1.29, 1.82) is 0 Å². The Bertz CT molecular complexity index is 314. The molecule has 0 unspecified atom stereocenters. The predicted octanol–water partition coefficient (Wildman–Crippen LogP) is 3.15. The van der Waals surface area contributed by atoms with Gasteiger partial charge < -0.3 is 0 Å². The summed E-state index contributed by atoms with van der Waals surface area (Å²) in [5.41, 5.74) is 7.04. The van der Waals surface area contributed by atoms with E-state index in [9.17, 15) is 0 Å². The molecule has 2 rings (SSSR count). The highest BCUT2D eigenvalue weighted by Gasteiger charge is 2.34. The number of hydrazine groups is 1. The number of hydrogen-bond donors (Lipinski definition) is 2. The molecule has 1 aliphatic rings. The first-order chi connectivity index (χ1) is 8.36. The van der Waals surface area contributed by atoms with Crippen LogP contribution < -0.4 is 16.2 Å². The number of nitrogens with one attached hydrogen (secondary N) is 2. The maximum atomic E-state index is 3.52. The van der Waals surface area contributed by atoms with E-state index in [1.165, 1.54) is 31.0 Å². The van der Waals surface area contributed by atoms with Gasteiger partial charge in [0.1, 0.15) is 0 Å². The summed E-state index contributed by atoms with van der Waals surface area (Å²) in [6, 6.07) is 11.0. The van der Waals surface area contributed by atoms with Gasteiger partial charge in [-0.05, 0) is 26.1 Å². The average molecular weight is 250 g/mol. The molecule has 94 valence electrons. The third-order valence-electron chi connectivity index (χ3n) is 3.27. The maximum Gasteiger partial charge on any atom is 0.0466 e. The summed E-state index contributed by atoms with van der Waals surface area (Å²) in [5, 5.41) is 1.54. The van der Waals surface area contributed by atoms with Crippen molar-refractivity contribution >= 4 is 13.2 Å². The van der Waals surface area contributed by atoms with Crippen molar-refractivity contribution in [1.82, 2.24) is 10.9 Å². The topological polar surface area (TPSA) is 24.1 Å². The van der Waals surface area contributed by atoms with Gasteiger partial charge in [0, 0.05) is 11.6 Å². The van der Waals surface area contributed by atoms with Gasteiger partial charge in [0.2, 0.25) is 0 Å². The molecular formula is C14H23N2P. The van der Waals surface area contributed by atoms with Crippen LogP contribution in [0.1, 0.15) is 39.5 Å². The first kappa shape index (κ1) is 13.0. The lowest BCUT2D eigenvalue weighted by atomic mass is 10.3. The second-order valence-electron chi connectivity index (χ2n) is 4.64. The van der Waals surface area contributed by atoms with E-state index in [-0.39, 0.29) is 7.92 Å². The van der Waals surface area contributed by atoms with Crippen LogP contribution in [0.25, 0.3) is 0 Å². The minimum Gasteiger partial charge on any atom is -0.250 e. The molecule has 2 atom stereocenters. The van der Waals surface area contributed by atoms with Crippen molar-refractivity contribution in [2.75, 3.05) is 0 Å². The molecule has 17 heavy (non-hydrogen) atoms. The van der Waals surface area contributed by atoms with E-state index < -0.39 is 0 Å². The fourth-order valence-corrected chi connectivity index (χ4v) is 5.65. The normalized spacial score (nSPS) is 25.3. The second-order valence-corrected chi connectivity index (χ2v) is 7.22. The van der Waals surface area contributed by atoms with Crippen LogP contribution in [0.4, 0.5) is 0 Å². The van der Waals surface area contributed by atoms with Crippen LogP contribution in [0.5, 0.6) is 0 Å². The molecule has 1 heterocycles. The van der Waals surface area contributed by atoms with Gasteiger partial charge in [-0.1, -0.05) is 57.0 Å². The molecule has 0 aromatic heterocycles. The molecule has 0 spiro atoms. The molecule has 1 aliphatic heterocycles. The SMILES string of the molecule is CCC[C@H]1NN[C@H](CCC)P1c1ccccc1. The molecule has 1 aromatic carbocycles. The fraction of sp³-hybridized carbons (Fsp3) is 0.571. The van der Waals surface area contributed by atoms with Gasteiger partial charge in [0.05, 0.1) is 0 Å². The summed E-state index contributed by atoms with van der Waals surface area (Å²) in [7, 11) is -0.101. The molecule has 0 saturated carbocycles. The van der Waals surface area contributed by atoms with Crippen LogP contribution in [0.2, 0.25) is 0 Å². The highest BCUT2D eigenvalue weighted by molar-refractivity contribution is 7.67. The Morgan fingerprint density at radius 2 is 1.47 bits per heavy atom. The van der Waals surface area contributed by atoms with Gasteiger partial charge in [-0.15, -0.1) is 0 Å². The molecule has 0 amide bonds. The van der Waals surface area contributed by atoms with Crippen molar-refractivity contribution in [3.8, 4) is 0 Å². The van der Waals surface area contributed by atoms with Crippen LogP contribution in [0.3, 0.4) is 0 Å². The summed E-state index contributed by atoms with van der Waals surface area (Å²) in [6.45, 7) is 4.54. The number of rotatable bonds is 5. The van der Waals surface area contributed by atoms with E-state index >= 15 is 0 Å². The minimum atomic E-state index is -0.101. The molecule has 1 aromatic rings. The molecule has 0 bridgehead atoms. The summed E-state index contributed by atoms with van der Waals surface area (Å²) in [5.74, 6) is 1.29. The number of benzene rings is 1. The van der Waals surface area contributed by atoms with E-state index in [0.717, 1.165) is 0 Å².